The largest absolute Gasteiger partial charge is 0.399 e. The summed E-state index contributed by atoms with van der Waals surface area (Å²) in [7, 11) is 0. The number of nitrogens with zero attached hydrogens (tertiary/aromatic N) is 1. The third-order valence-corrected chi connectivity index (χ3v) is 3.59. The van der Waals surface area contributed by atoms with E-state index >= 15 is 0 Å². The summed E-state index contributed by atoms with van der Waals surface area (Å²) in [4.78, 5) is 2.18. The molecule has 0 saturated carbocycles. The van der Waals surface area contributed by atoms with Gasteiger partial charge in [0.1, 0.15) is 0 Å². The third kappa shape index (κ3) is 2.88. The van der Waals surface area contributed by atoms with E-state index in [1.54, 1.807) is 0 Å². The minimum atomic E-state index is 0.755. The van der Waals surface area contributed by atoms with Crippen LogP contribution in [0.4, 0.5) is 28.4 Å². The molecule has 0 spiro atoms. The summed E-state index contributed by atoms with van der Waals surface area (Å²) in [5.41, 5.74) is 17.6. The van der Waals surface area contributed by atoms with Crippen LogP contribution in [0.5, 0.6) is 0 Å². The lowest BCUT2D eigenvalue weighted by Crippen LogP contribution is -2.10. The van der Waals surface area contributed by atoms with Crippen LogP contribution in [0.3, 0.4) is 0 Å². The van der Waals surface area contributed by atoms with Gasteiger partial charge in [0.25, 0.3) is 0 Å². The van der Waals surface area contributed by atoms with Gasteiger partial charge in [-0.3, -0.25) is 0 Å². The van der Waals surface area contributed by atoms with Gasteiger partial charge in [-0.2, -0.15) is 0 Å². The molecule has 0 aliphatic heterocycles. The minimum absolute atomic E-state index is 0.755. The van der Waals surface area contributed by atoms with Gasteiger partial charge in [0.2, 0.25) is 0 Å². The van der Waals surface area contributed by atoms with Gasteiger partial charge in [0.05, 0.1) is 0 Å². The maximum Gasteiger partial charge on any atom is 0.0463 e. The van der Waals surface area contributed by atoms with Crippen LogP contribution < -0.4 is 16.4 Å². The number of nitrogen functional groups attached to an aromatic ring is 2. The molecular weight excluding hydrogens is 270 g/mol. The van der Waals surface area contributed by atoms with E-state index in [9.17, 15) is 0 Å². The second kappa shape index (κ2) is 5.82. The molecule has 0 radical (unpaired) electrons. The van der Waals surface area contributed by atoms with Crippen LogP contribution in [-0.4, -0.2) is 0 Å². The van der Waals surface area contributed by atoms with Crippen molar-refractivity contribution >= 4 is 28.4 Å². The lowest BCUT2D eigenvalue weighted by Gasteiger charge is -2.25. The van der Waals surface area contributed by atoms with Crippen molar-refractivity contribution in [3.63, 3.8) is 0 Å². The van der Waals surface area contributed by atoms with Crippen LogP contribution in [0.15, 0.2) is 72.8 Å². The highest BCUT2D eigenvalue weighted by atomic mass is 15.1. The Morgan fingerprint density at radius 2 is 0.864 bits per heavy atom. The van der Waals surface area contributed by atoms with Crippen molar-refractivity contribution < 1.29 is 0 Å². The van der Waals surface area contributed by atoms with Crippen molar-refractivity contribution in [3.8, 4) is 0 Å². The zero-order valence-electron chi connectivity index (χ0n) is 12.5. The monoisotopic (exact) mass is 289 g/mol. The Labute approximate surface area is 130 Å². The van der Waals surface area contributed by atoms with Crippen LogP contribution >= 0.6 is 0 Å². The molecule has 3 heteroatoms. The Bertz CT molecular complexity index is 636. The average Bonchev–Trinajstić information content (AvgIpc) is 2.53. The van der Waals surface area contributed by atoms with Crippen LogP contribution in [0, 0.1) is 6.92 Å². The lowest BCUT2D eigenvalue weighted by atomic mass is 10.1. The zero-order chi connectivity index (χ0) is 15.5. The quantitative estimate of drug-likeness (QED) is 0.691. The average molecular weight is 289 g/mol. The van der Waals surface area contributed by atoms with E-state index < -0.39 is 0 Å². The van der Waals surface area contributed by atoms with E-state index in [0.29, 0.717) is 0 Å². The number of anilines is 5. The minimum Gasteiger partial charge on any atom is -0.399 e. The predicted octanol–water partition coefficient (Wildman–Crippen LogP) is 4.63. The summed E-state index contributed by atoms with van der Waals surface area (Å²) in [5.74, 6) is 0. The predicted molar refractivity (Wildman–Crippen MR) is 94.7 cm³/mol. The van der Waals surface area contributed by atoms with E-state index in [1.165, 1.54) is 5.56 Å². The molecule has 3 nitrogen and oxygen atoms in total. The number of rotatable bonds is 3. The first-order valence-corrected chi connectivity index (χ1v) is 7.21. The molecule has 0 saturated heterocycles. The summed E-state index contributed by atoms with van der Waals surface area (Å²) in [5, 5.41) is 0. The van der Waals surface area contributed by atoms with Crippen LogP contribution in [0.1, 0.15) is 5.56 Å². The van der Waals surface area contributed by atoms with Crippen molar-refractivity contribution in [1.82, 2.24) is 0 Å². The molecule has 0 aliphatic rings. The highest BCUT2D eigenvalue weighted by Crippen LogP contribution is 2.35. The van der Waals surface area contributed by atoms with E-state index in [1.807, 2.05) is 48.5 Å². The van der Waals surface area contributed by atoms with Crippen molar-refractivity contribution in [3.05, 3.63) is 78.4 Å². The van der Waals surface area contributed by atoms with Gasteiger partial charge in [-0.15, -0.1) is 0 Å². The highest BCUT2D eigenvalue weighted by Gasteiger charge is 2.11. The Hall–Kier alpha value is -2.94. The summed E-state index contributed by atoms with van der Waals surface area (Å²) in [6.45, 7) is 2.08. The van der Waals surface area contributed by atoms with Crippen molar-refractivity contribution in [2.24, 2.45) is 0 Å². The molecule has 0 atom stereocenters. The molecule has 3 rings (SSSR count). The standard InChI is InChI=1S/C19H19N3/c1-14-2-8-17(9-3-14)22(18-10-4-15(20)5-11-18)19-12-6-16(21)7-13-19/h2-13H,20-21H2,1H3. The number of aryl methyl sites for hydroxylation is 1. The maximum atomic E-state index is 5.81. The molecule has 3 aromatic carbocycles. The van der Waals surface area contributed by atoms with Crippen LogP contribution in [0.2, 0.25) is 0 Å². The smallest absolute Gasteiger partial charge is 0.0463 e. The Kier molecular flexibility index (Phi) is 3.71. The Balaban J connectivity index is 2.10. The van der Waals surface area contributed by atoms with E-state index in [-0.39, 0.29) is 0 Å². The van der Waals surface area contributed by atoms with E-state index in [2.05, 4.69) is 36.1 Å². The highest BCUT2D eigenvalue weighted by molar-refractivity contribution is 5.77. The molecule has 3 aromatic rings. The van der Waals surface area contributed by atoms with Gasteiger partial charge < -0.3 is 16.4 Å². The normalized spacial score (nSPS) is 10.4. The van der Waals surface area contributed by atoms with Gasteiger partial charge in [-0.25, -0.2) is 0 Å². The summed E-state index contributed by atoms with van der Waals surface area (Å²) < 4.78 is 0. The molecule has 0 aliphatic carbocycles. The van der Waals surface area contributed by atoms with Crippen molar-refractivity contribution in [2.45, 2.75) is 6.92 Å². The molecule has 0 heterocycles. The first-order valence-electron chi connectivity index (χ1n) is 7.21. The fraction of sp³-hybridized carbons (Fsp3) is 0.0526. The molecular formula is C19H19N3. The lowest BCUT2D eigenvalue weighted by molar-refractivity contribution is 1.28. The van der Waals surface area contributed by atoms with Gasteiger partial charge in [-0.1, -0.05) is 17.7 Å². The summed E-state index contributed by atoms with van der Waals surface area (Å²) in [6.07, 6.45) is 0. The molecule has 4 N–H and O–H groups in total. The molecule has 110 valence electrons. The fourth-order valence-corrected chi connectivity index (χ4v) is 2.39. The molecule has 0 aromatic heterocycles. The van der Waals surface area contributed by atoms with Crippen molar-refractivity contribution in [2.75, 3.05) is 16.4 Å². The number of benzene rings is 3. The van der Waals surface area contributed by atoms with Gasteiger partial charge in [-0.05, 0) is 67.6 Å². The molecule has 0 unspecified atom stereocenters. The second-order valence-corrected chi connectivity index (χ2v) is 5.35. The first kappa shape index (κ1) is 14.0. The van der Waals surface area contributed by atoms with Gasteiger partial charge >= 0.3 is 0 Å². The molecule has 0 bridgehead atoms. The van der Waals surface area contributed by atoms with Gasteiger partial charge in [0.15, 0.2) is 0 Å². The van der Waals surface area contributed by atoms with Crippen molar-refractivity contribution in [1.29, 1.82) is 0 Å². The van der Waals surface area contributed by atoms with E-state index in [4.69, 9.17) is 11.5 Å². The molecule has 22 heavy (non-hydrogen) atoms. The third-order valence-electron chi connectivity index (χ3n) is 3.59. The maximum absolute atomic E-state index is 5.81. The first-order chi connectivity index (χ1) is 10.6. The molecule has 0 fully saturated rings. The summed E-state index contributed by atoms with van der Waals surface area (Å²) in [6, 6.07) is 24.2. The van der Waals surface area contributed by atoms with Gasteiger partial charge in [0, 0.05) is 28.4 Å². The number of hydrogen-bond donors (Lipinski definition) is 2. The number of nitrogens with two attached hydrogens (primary N) is 2. The van der Waals surface area contributed by atoms with Crippen LogP contribution in [0.25, 0.3) is 0 Å². The second-order valence-electron chi connectivity index (χ2n) is 5.35. The fourth-order valence-electron chi connectivity index (χ4n) is 2.39. The Morgan fingerprint density at radius 1 is 0.545 bits per heavy atom. The molecule has 0 amide bonds. The Morgan fingerprint density at radius 3 is 1.23 bits per heavy atom. The summed E-state index contributed by atoms with van der Waals surface area (Å²) >= 11 is 0. The SMILES string of the molecule is Cc1ccc(N(c2ccc(N)cc2)c2ccc(N)cc2)cc1. The zero-order valence-corrected chi connectivity index (χ0v) is 12.5. The van der Waals surface area contributed by atoms with E-state index in [0.717, 1.165) is 28.4 Å². The number of hydrogen-bond acceptors (Lipinski definition) is 3. The van der Waals surface area contributed by atoms with Crippen LogP contribution in [-0.2, 0) is 0 Å². The topological polar surface area (TPSA) is 55.3 Å².